The predicted octanol–water partition coefficient (Wildman–Crippen LogP) is 11.1. The summed E-state index contributed by atoms with van der Waals surface area (Å²) in [6.07, 6.45) is 8.56. The summed E-state index contributed by atoms with van der Waals surface area (Å²) in [7, 11) is 0. The van der Waals surface area contributed by atoms with Crippen LogP contribution in [0.3, 0.4) is 0 Å². The fourth-order valence-corrected chi connectivity index (χ4v) is 7.77. The van der Waals surface area contributed by atoms with Gasteiger partial charge < -0.3 is 0 Å². The standard InChI is InChI=1S/C39H50/c1-24-13-15-31(16-14-24)28(5)38-27(4)21-34(29(38)6)22-36-26(3)20-33-17-18-35(23-37(33)36)39(8,9)30(7)32-12-10-11-25(2)19-32/h10-12,17-19,23-24,30-31,36H,3,5,13-16,20-22H2,1-2,4,6-9H3. The Kier molecular flexibility index (Phi) is 7.71. The van der Waals surface area contributed by atoms with Gasteiger partial charge in [0.2, 0.25) is 0 Å². The van der Waals surface area contributed by atoms with Gasteiger partial charge in [-0.1, -0.05) is 118 Å². The van der Waals surface area contributed by atoms with Crippen LogP contribution in [0.4, 0.5) is 0 Å². The first-order valence-corrected chi connectivity index (χ1v) is 15.4. The van der Waals surface area contributed by atoms with E-state index < -0.39 is 0 Å². The van der Waals surface area contributed by atoms with Crippen LogP contribution in [-0.2, 0) is 11.8 Å². The molecule has 0 saturated heterocycles. The van der Waals surface area contributed by atoms with Crippen molar-refractivity contribution in [1.29, 1.82) is 0 Å². The Bertz CT molecular complexity index is 1350. The van der Waals surface area contributed by atoms with Gasteiger partial charge in [-0.05, 0) is 115 Å². The summed E-state index contributed by atoms with van der Waals surface area (Å²) in [5.41, 5.74) is 16.2. The first-order valence-electron chi connectivity index (χ1n) is 15.4. The lowest BCUT2D eigenvalue weighted by molar-refractivity contribution is 0.322. The Hall–Kier alpha value is -2.60. The van der Waals surface area contributed by atoms with E-state index in [1.54, 1.807) is 5.57 Å². The first-order chi connectivity index (χ1) is 18.5. The van der Waals surface area contributed by atoms with E-state index in [-0.39, 0.29) is 5.41 Å². The Balaban J connectivity index is 1.39. The summed E-state index contributed by atoms with van der Waals surface area (Å²) in [5, 5.41) is 0. The van der Waals surface area contributed by atoms with Gasteiger partial charge in [0, 0.05) is 5.92 Å². The minimum atomic E-state index is 0.0421. The van der Waals surface area contributed by atoms with E-state index in [4.69, 9.17) is 0 Å². The van der Waals surface area contributed by atoms with Crippen LogP contribution in [0.2, 0.25) is 0 Å². The summed E-state index contributed by atoms with van der Waals surface area (Å²) in [6.45, 7) is 25.8. The molecule has 0 aliphatic heterocycles. The van der Waals surface area contributed by atoms with E-state index in [2.05, 4.69) is 104 Å². The third kappa shape index (κ3) is 5.29. The highest BCUT2D eigenvalue weighted by atomic mass is 14.4. The average Bonchev–Trinajstić information content (AvgIpc) is 3.37. The number of benzene rings is 2. The zero-order valence-corrected chi connectivity index (χ0v) is 25.7. The molecule has 39 heavy (non-hydrogen) atoms. The van der Waals surface area contributed by atoms with E-state index in [1.807, 2.05) is 0 Å². The van der Waals surface area contributed by atoms with Crippen molar-refractivity contribution < 1.29 is 0 Å². The molecule has 1 saturated carbocycles. The molecule has 0 amide bonds. The lowest BCUT2D eigenvalue weighted by atomic mass is 9.70. The van der Waals surface area contributed by atoms with Crippen LogP contribution < -0.4 is 0 Å². The van der Waals surface area contributed by atoms with Gasteiger partial charge in [0.1, 0.15) is 0 Å². The second-order valence-corrected chi connectivity index (χ2v) is 13.9. The van der Waals surface area contributed by atoms with Gasteiger partial charge in [0.25, 0.3) is 0 Å². The average molecular weight is 519 g/mol. The van der Waals surface area contributed by atoms with E-state index >= 15 is 0 Å². The van der Waals surface area contributed by atoms with E-state index in [0.717, 1.165) is 25.2 Å². The summed E-state index contributed by atoms with van der Waals surface area (Å²) in [4.78, 5) is 0. The molecule has 0 heterocycles. The predicted molar refractivity (Wildman–Crippen MR) is 170 cm³/mol. The maximum atomic E-state index is 4.68. The third-order valence-electron chi connectivity index (χ3n) is 10.9. The lowest BCUT2D eigenvalue weighted by Crippen LogP contribution is -2.25. The Morgan fingerprint density at radius 3 is 2.38 bits per heavy atom. The maximum Gasteiger partial charge on any atom is 0.00892 e. The Labute approximate surface area is 239 Å². The molecule has 0 aromatic heterocycles. The molecule has 0 heteroatoms. The molecule has 2 aromatic carbocycles. The molecule has 2 atom stereocenters. The summed E-state index contributed by atoms with van der Waals surface area (Å²) in [5.74, 6) is 2.40. The highest BCUT2D eigenvalue weighted by Gasteiger charge is 2.34. The third-order valence-corrected chi connectivity index (χ3v) is 10.9. The van der Waals surface area contributed by atoms with Crippen molar-refractivity contribution in [2.75, 3.05) is 0 Å². The molecule has 206 valence electrons. The molecule has 3 aliphatic carbocycles. The molecule has 0 radical (unpaired) electrons. The number of aryl methyl sites for hydroxylation is 1. The quantitative estimate of drug-likeness (QED) is 0.320. The molecule has 0 bridgehead atoms. The van der Waals surface area contributed by atoms with Crippen LogP contribution in [0.1, 0.15) is 120 Å². The Morgan fingerprint density at radius 1 is 0.974 bits per heavy atom. The topological polar surface area (TPSA) is 0 Å². The number of fused-ring (bicyclic) bond motifs is 1. The van der Waals surface area contributed by atoms with Crippen molar-refractivity contribution >= 4 is 0 Å². The van der Waals surface area contributed by atoms with Crippen molar-refractivity contribution in [3.8, 4) is 0 Å². The molecule has 3 aliphatic rings. The van der Waals surface area contributed by atoms with Crippen molar-refractivity contribution in [3.05, 3.63) is 117 Å². The van der Waals surface area contributed by atoms with Gasteiger partial charge in [-0.15, -0.1) is 0 Å². The number of rotatable bonds is 7. The summed E-state index contributed by atoms with van der Waals surface area (Å²) < 4.78 is 0. The SMILES string of the molecule is C=C(C1=C(C)CC(CC2C(=C)Cc3ccc(C(C)(C)C(C)c4cccc(C)c4)cc32)=C1C)C1CCC(C)CC1. The fraction of sp³-hybridized carbons (Fsp3) is 0.487. The minimum Gasteiger partial charge on any atom is -0.0989 e. The van der Waals surface area contributed by atoms with E-state index in [9.17, 15) is 0 Å². The van der Waals surface area contributed by atoms with Crippen molar-refractivity contribution in [2.24, 2.45) is 11.8 Å². The van der Waals surface area contributed by atoms with Crippen molar-refractivity contribution in [2.45, 2.75) is 111 Å². The van der Waals surface area contributed by atoms with Gasteiger partial charge in [-0.2, -0.15) is 0 Å². The fourth-order valence-electron chi connectivity index (χ4n) is 7.77. The van der Waals surface area contributed by atoms with Crippen molar-refractivity contribution in [3.63, 3.8) is 0 Å². The van der Waals surface area contributed by atoms with Crippen LogP contribution in [0.25, 0.3) is 0 Å². The number of hydrogen-bond acceptors (Lipinski definition) is 0. The highest BCUT2D eigenvalue weighted by Crippen LogP contribution is 2.49. The smallest absolute Gasteiger partial charge is 0.00892 e. The zero-order valence-electron chi connectivity index (χ0n) is 25.7. The van der Waals surface area contributed by atoms with Gasteiger partial charge in [0.05, 0.1) is 0 Å². The molecule has 2 unspecified atom stereocenters. The lowest BCUT2D eigenvalue weighted by Gasteiger charge is -2.34. The first kappa shape index (κ1) is 27.9. The molecular formula is C39H50. The van der Waals surface area contributed by atoms with Gasteiger partial charge in [0.15, 0.2) is 0 Å². The zero-order chi connectivity index (χ0) is 28.1. The van der Waals surface area contributed by atoms with Gasteiger partial charge >= 0.3 is 0 Å². The molecule has 0 N–H and O–H groups in total. The second kappa shape index (κ2) is 10.8. The largest absolute Gasteiger partial charge is 0.0989 e. The van der Waals surface area contributed by atoms with E-state index in [0.29, 0.717) is 17.8 Å². The van der Waals surface area contributed by atoms with Crippen LogP contribution in [0, 0.1) is 18.8 Å². The molecule has 0 nitrogen and oxygen atoms in total. The Morgan fingerprint density at radius 2 is 1.69 bits per heavy atom. The monoisotopic (exact) mass is 518 g/mol. The maximum absolute atomic E-state index is 4.68. The van der Waals surface area contributed by atoms with Gasteiger partial charge in [-0.3, -0.25) is 0 Å². The van der Waals surface area contributed by atoms with Crippen LogP contribution in [0.5, 0.6) is 0 Å². The van der Waals surface area contributed by atoms with Gasteiger partial charge in [-0.25, -0.2) is 0 Å². The van der Waals surface area contributed by atoms with Crippen molar-refractivity contribution in [1.82, 2.24) is 0 Å². The summed E-state index contributed by atoms with van der Waals surface area (Å²) >= 11 is 0. The number of allylic oxidation sites excluding steroid dienone is 6. The van der Waals surface area contributed by atoms with E-state index in [1.165, 1.54) is 81.4 Å². The molecule has 2 aromatic rings. The van der Waals surface area contributed by atoms with Crippen LogP contribution >= 0.6 is 0 Å². The normalized spacial score (nSPS) is 24.4. The molecule has 0 spiro atoms. The summed E-state index contributed by atoms with van der Waals surface area (Å²) in [6, 6.07) is 16.4. The van der Waals surface area contributed by atoms with Crippen LogP contribution in [0.15, 0.2) is 89.1 Å². The molecular weight excluding hydrogens is 468 g/mol. The molecule has 5 rings (SSSR count). The number of hydrogen-bond donors (Lipinski definition) is 0. The molecule has 1 fully saturated rings. The highest BCUT2D eigenvalue weighted by molar-refractivity contribution is 5.58. The second-order valence-electron chi connectivity index (χ2n) is 13.9. The van der Waals surface area contributed by atoms with Crippen LogP contribution in [-0.4, -0.2) is 0 Å². The minimum absolute atomic E-state index is 0.0421.